The Balaban J connectivity index is 0.000000176. The lowest BCUT2D eigenvalue weighted by atomic mass is 10.1. The molecule has 13 heteroatoms. The van der Waals surface area contributed by atoms with E-state index in [1.54, 1.807) is 21.8 Å². The summed E-state index contributed by atoms with van der Waals surface area (Å²) in [4.78, 5) is 0. The number of aliphatic hydroxyl groups is 1. The number of hydrogen-bond donors (Lipinski definition) is 1. The molecule has 4 rings (SSSR count). The summed E-state index contributed by atoms with van der Waals surface area (Å²) in [7, 11) is 3.75. The van der Waals surface area contributed by atoms with Gasteiger partial charge in [0, 0.05) is 63.3 Å². The molecule has 31 heavy (non-hydrogen) atoms. The van der Waals surface area contributed by atoms with Crippen LogP contribution in [-0.4, -0.2) is 54.7 Å². The number of rotatable bonds is 6. The summed E-state index contributed by atoms with van der Waals surface area (Å²) in [5, 5.41) is 34.5. The highest BCUT2D eigenvalue weighted by molar-refractivity contribution is 14.1. The zero-order valence-electron chi connectivity index (χ0n) is 17.7. The number of aromatic nitrogens is 10. The fourth-order valence-electron chi connectivity index (χ4n) is 2.81. The van der Waals surface area contributed by atoms with E-state index in [4.69, 9.17) is 0 Å². The van der Waals surface area contributed by atoms with E-state index in [9.17, 15) is 5.11 Å². The first-order chi connectivity index (χ1) is 14.8. The van der Waals surface area contributed by atoms with Crippen LogP contribution in [0.5, 0.6) is 0 Å². The maximum absolute atomic E-state index is 10.1. The van der Waals surface area contributed by atoms with Crippen LogP contribution in [0, 0.1) is 7.40 Å². The molecule has 1 N–H and O–H groups in total. The van der Waals surface area contributed by atoms with Crippen LogP contribution in [0.4, 0.5) is 0 Å². The monoisotopic (exact) mass is 650 g/mol. The lowest BCUT2D eigenvalue weighted by Gasteiger charge is -2.03. The molecule has 1 atom stereocenters. The third-order valence-electron chi connectivity index (χ3n) is 4.40. The maximum Gasteiger partial charge on any atom is 0.129 e. The van der Waals surface area contributed by atoms with Crippen molar-refractivity contribution in [3.63, 3.8) is 0 Å². The van der Waals surface area contributed by atoms with Gasteiger partial charge in [0.05, 0.1) is 11.9 Å². The zero-order valence-corrected chi connectivity index (χ0v) is 22.0. The highest BCUT2D eigenvalue weighted by atomic mass is 127. The lowest BCUT2D eigenvalue weighted by Crippen LogP contribution is -2.00. The van der Waals surface area contributed by atoms with Crippen LogP contribution < -0.4 is 0 Å². The molecule has 0 aromatic carbocycles. The van der Waals surface area contributed by atoms with Crippen molar-refractivity contribution in [1.82, 2.24) is 49.5 Å². The molecule has 0 saturated carbocycles. The molecule has 11 nitrogen and oxygen atoms in total. The van der Waals surface area contributed by atoms with Gasteiger partial charge in [-0.2, -0.15) is 10.2 Å². The Morgan fingerprint density at radius 1 is 0.871 bits per heavy atom. The number of nitrogens with zero attached hydrogens (tertiary/aromatic N) is 10. The Labute approximate surface area is 207 Å². The highest BCUT2D eigenvalue weighted by Gasteiger charge is 2.19. The first kappa shape index (κ1) is 23.8. The highest BCUT2D eigenvalue weighted by Crippen LogP contribution is 2.23. The average molecular weight is 650 g/mol. The van der Waals surface area contributed by atoms with E-state index in [1.165, 1.54) is 5.56 Å². The summed E-state index contributed by atoms with van der Waals surface area (Å²) >= 11 is 4.33. The Bertz CT molecular complexity index is 1130. The number of aryl methyl sites for hydroxylation is 4. The van der Waals surface area contributed by atoms with Crippen LogP contribution in [0.25, 0.3) is 0 Å². The van der Waals surface area contributed by atoms with Gasteiger partial charge in [-0.05, 0) is 59.0 Å². The molecule has 0 radical (unpaired) electrons. The van der Waals surface area contributed by atoms with Crippen molar-refractivity contribution in [2.24, 2.45) is 14.1 Å². The van der Waals surface area contributed by atoms with E-state index in [-0.39, 0.29) is 0 Å². The molecule has 1 unspecified atom stereocenters. The van der Waals surface area contributed by atoms with Crippen molar-refractivity contribution in [1.29, 1.82) is 0 Å². The molecular formula is C18H24I2N10O. The summed E-state index contributed by atoms with van der Waals surface area (Å²) in [5.41, 5.74) is 3.49. The van der Waals surface area contributed by atoms with Crippen molar-refractivity contribution >= 4 is 45.2 Å². The van der Waals surface area contributed by atoms with E-state index in [1.807, 2.05) is 49.7 Å². The molecule has 0 fully saturated rings. The largest absolute Gasteiger partial charge is 0.382 e. The lowest BCUT2D eigenvalue weighted by molar-refractivity contribution is 0.214. The van der Waals surface area contributed by atoms with Gasteiger partial charge < -0.3 is 5.11 Å². The van der Waals surface area contributed by atoms with E-state index in [2.05, 4.69) is 76.0 Å². The fourth-order valence-corrected chi connectivity index (χ4v) is 4.26. The summed E-state index contributed by atoms with van der Waals surface area (Å²) in [6, 6.07) is 0. The van der Waals surface area contributed by atoms with Crippen LogP contribution in [-0.2, 0) is 33.6 Å². The zero-order chi connectivity index (χ0) is 22.5. The van der Waals surface area contributed by atoms with E-state index in [0.29, 0.717) is 5.69 Å². The molecule has 4 aromatic heterocycles. The number of aliphatic hydroxyl groups excluding tert-OH is 1. The molecule has 0 spiro atoms. The number of halogens is 2. The summed E-state index contributed by atoms with van der Waals surface area (Å²) in [6.45, 7) is 5.62. The third kappa shape index (κ3) is 6.09. The number of hydrogen-bond acceptors (Lipinski definition) is 7. The third-order valence-corrected chi connectivity index (χ3v) is 6.15. The normalized spacial score (nSPS) is 12.0. The van der Waals surface area contributed by atoms with Gasteiger partial charge in [-0.1, -0.05) is 10.4 Å². The van der Waals surface area contributed by atoms with Gasteiger partial charge in [0.2, 0.25) is 0 Å². The van der Waals surface area contributed by atoms with Gasteiger partial charge in [-0.3, -0.25) is 18.7 Å². The minimum atomic E-state index is -0.763. The van der Waals surface area contributed by atoms with E-state index < -0.39 is 6.10 Å². The van der Waals surface area contributed by atoms with Gasteiger partial charge in [0.15, 0.2) is 0 Å². The Morgan fingerprint density at radius 2 is 1.48 bits per heavy atom. The Kier molecular flexibility index (Phi) is 8.15. The van der Waals surface area contributed by atoms with E-state index in [0.717, 1.165) is 38.2 Å². The Morgan fingerprint density at radius 3 is 2.00 bits per heavy atom. The second-order valence-electron chi connectivity index (χ2n) is 6.81. The minimum absolute atomic E-state index is 0.549. The molecule has 0 bridgehead atoms. The van der Waals surface area contributed by atoms with E-state index >= 15 is 0 Å². The van der Waals surface area contributed by atoms with Crippen molar-refractivity contribution in [3.8, 4) is 0 Å². The second kappa shape index (κ2) is 10.6. The quantitative estimate of drug-likeness (QED) is 0.317. The van der Waals surface area contributed by atoms with Crippen LogP contribution in [0.1, 0.15) is 42.5 Å². The van der Waals surface area contributed by atoms with Gasteiger partial charge in [-0.25, -0.2) is 0 Å². The topological polar surface area (TPSA) is 117 Å². The molecule has 0 saturated heterocycles. The van der Waals surface area contributed by atoms with Gasteiger partial charge in [0.25, 0.3) is 0 Å². The van der Waals surface area contributed by atoms with Crippen LogP contribution in [0.15, 0.2) is 24.8 Å². The van der Waals surface area contributed by atoms with Gasteiger partial charge >= 0.3 is 0 Å². The average Bonchev–Trinajstić information content (AvgIpc) is 3.51. The first-order valence-corrected chi connectivity index (χ1v) is 11.8. The summed E-state index contributed by atoms with van der Waals surface area (Å²) in [6.07, 6.45) is 7.56. The SMILES string of the molecule is CCn1cc(C(O)c2cn(C)nc2I)nn1.CCn1cc(Cc2cn(C)nc2I)nn1. The van der Waals surface area contributed by atoms with Crippen molar-refractivity contribution in [2.75, 3.05) is 0 Å². The van der Waals surface area contributed by atoms with Crippen molar-refractivity contribution < 1.29 is 5.11 Å². The van der Waals surface area contributed by atoms with Crippen LogP contribution in [0.3, 0.4) is 0 Å². The molecular weight excluding hydrogens is 626 g/mol. The van der Waals surface area contributed by atoms with Gasteiger partial charge in [0.1, 0.15) is 19.2 Å². The van der Waals surface area contributed by atoms with Crippen molar-refractivity contribution in [2.45, 2.75) is 39.5 Å². The van der Waals surface area contributed by atoms with Crippen LogP contribution in [0.2, 0.25) is 0 Å². The van der Waals surface area contributed by atoms with Crippen LogP contribution >= 0.6 is 45.2 Å². The minimum Gasteiger partial charge on any atom is -0.382 e. The predicted octanol–water partition coefficient (Wildman–Crippen LogP) is 1.94. The van der Waals surface area contributed by atoms with Gasteiger partial charge in [-0.15, -0.1) is 10.2 Å². The first-order valence-electron chi connectivity index (χ1n) is 9.64. The molecule has 0 aliphatic carbocycles. The molecule has 0 amide bonds. The molecule has 0 aliphatic rings. The standard InChI is InChI=1S/C9H12IN5O.C9H12IN5/c1-3-15-5-7(11-13-15)8(16)6-4-14(2)12-9(6)10;1-3-15-6-8(11-13-15)4-7-5-14(2)12-9(7)10/h4-5,8,16H,3H2,1-2H3;5-6H,3-4H2,1-2H3. The summed E-state index contributed by atoms with van der Waals surface area (Å²) in [5.74, 6) is 0. The second-order valence-corrected chi connectivity index (χ2v) is 8.86. The predicted molar refractivity (Wildman–Crippen MR) is 130 cm³/mol. The maximum atomic E-state index is 10.1. The molecule has 0 aliphatic heterocycles. The molecule has 4 aromatic rings. The summed E-state index contributed by atoms with van der Waals surface area (Å²) < 4.78 is 8.81. The fraction of sp³-hybridized carbons (Fsp3) is 0.444. The molecule has 4 heterocycles. The molecule has 166 valence electrons. The Hall–Kier alpha value is -1.88. The van der Waals surface area contributed by atoms with Crippen molar-refractivity contribution in [3.05, 3.63) is 54.7 Å². The smallest absolute Gasteiger partial charge is 0.129 e.